The highest BCUT2D eigenvalue weighted by atomic mass is 35.5. The highest BCUT2D eigenvalue weighted by Crippen LogP contribution is 2.21. The number of nitrogens with one attached hydrogen (secondary N) is 1. The number of halogens is 1. The SMILES string of the molecule is O=S(=O)(NC1CC=CCC1)c1cnccc1Cl. The summed E-state index contributed by atoms with van der Waals surface area (Å²) in [5.41, 5.74) is 0. The van der Waals surface area contributed by atoms with Crippen LogP contribution >= 0.6 is 11.6 Å². The molecule has 0 amide bonds. The van der Waals surface area contributed by atoms with E-state index in [1.165, 1.54) is 18.5 Å². The average Bonchev–Trinajstić information content (AvgIpc) is 2.30. The largest absolute Gasteiger partial charge is 0.263 e. The van der Waals surface area contributed by atoms with E-state index in [9.17, 15) is 8.42 Å². The lowest BCUT2D eigenvalue weighted by Gasteiger charge is -2.19. The molecule has 0 aliphatic heterocycles. The van der Waals surface area contributed by atoms with Gasteiger partial charge in [-0.2, -0.15) is 0 Å². The molecule has 17 heavy (non-hydrogen) atoms. The summed E-state index contributed by atoms with van der Waals surface area (Å²) in [5.74, 6) is 0. The summed E-state index contributed by atoms with van der Waals surface area (Å²) in [7, 11) is -3.57. The molecular weight excluding hydrogens is 260 g/mol. The predicted molar refractivity (Wildman–Crippen MR) is 66.3 cm³/mol. The van der Waals surface area contributed by atoms with E-state index in [2.05, 4.69) is 15.8 Å². The Labute approximate surface area is 106 Å². The van der Waals surface area contributed by atoms with Crippen LogP contribution in [0.15, 0.2) is 35.5 Å². The van der Waals surface area contributed by atoms with Crippen molar-refractivity contribution in [1.82, 2.24) is 9.71 Å². The first-order chi connectivity index (χ1) is 8.09. The van der Waals surface area contributed by atoms with Crippen molar-refractivity contribution in [1.29, 1.82) is 0 Å². The van der Waals surface area contributed by atoms with Crippen LogP contribution in [0.1, 0.15) is 19.3 Å². The second-order valence-electron chi connectivity index (χ2n) is 3.91. The number of nitrogens with zero attached hydrogens (tertiary/aromatic N) is 1. The normalized spacial score (nSPS) is 20.4. The van der Waals surface area contributed by atoms with Crippen molar-refractivity contribution in [2.45, 2.75) is 30.2 Å². The standard InChI is InChI=1S/C11H13ClN2O2S/c12-10-6-7-13-8-11(10)17(15,16)14-9-4-2-1-3-5-9/h1-2,6-9,14H,3-5H2. The third kappa shape index (κ3) is 3.06. The van der Waals surface area contributed by atoms with Crippen LogP contribution < -0.4 is 4.72 Å². The molecule has 0 spiro atoms. The number of sulfonamides is 1. The molecule has 4 nitrogen and oxygen atoms in total. The molecule has 1 aromatic rings. The van der Waals surface area contributed by atoms with Crippen LogP contribution in [0, 0.1) is 0 Å². The maximum Gasteiger partial charge on any atom is 0.243 e. The second kappa shape index (κ2) is 5.16. The van der Waals surface area contributed by atoms with E-state index in [4.69, 9.17) is 11.6 Å². The first-order valence-electron chi connectivity index (χ1n) is 5.36. The summed E-state index contributed by atoms with van der Waals surface area (Å²) in [6.07, 6.45) is 9.20. The minimum Gasteiger partial charge on any atom is -0.263 e. The molecule has 1 unspecified atom stereocenters. The molecule has 0 radical (unpaired) electrons. The Morgan fingerprint density at radius 1 is 1.41 bits per heavy atom. The highest BCUT2D eigenvalue weighted by molar-refractivity contribution is 7.89. The second-order valence-corrected chi connectivity index (χ2v) is 6.00. The van der Waals surface area contributed by atoms with Crippen molar-refractivity contribution in [3.05, 3.63) is 35.6 Å². The topological polar surface area (TPSA) is 59.1 Å². The van der Waals surface area contributed by atoms with Crippen LogP contribution in [0.25, 0.3) is 0 Å². The van der Waals surface area contributed by atoms with Crippen LogP contribution in [0.5, 0.6) is 0 Å². The van der Waals surface area contributed by atoms with Gasteiger partial charge < -0.3 is 0 Å². The quantitative estimate of drug-likeness (QED) is 0.858. The number of aromatic nitrogens is 1. The van der Waals surface area contributed by atoms with Gasteiger partial charge in [0.2, 0.25) is 10.0 Å². The van der Waals surface area contributed by atoms with Crippen molar-refractivity contribution in [3.63, 3.8) is 0 Å². The Hall–Kier alpha value is -0.910. The van der Waals surface area contributed by atoms with E-state index >= 15 is 0 Å². The minimum atomic E-state index is -3.57. The fourth-order valence-corrected chi connectivity index (χ4v) is 3.46. The Balaban J connectivity index is 2.19. The summed E-state index contributed by atoms with van der Waals surface area (Å²) >= 11 is 5.85. The zero-order valence-corrected chi connectivity index (χ0v) is 10.7. The molecule has 0 bridgehead atoms. The fraction of sp³-hybridized carbons (Fsp3) is 0.364. The molecule has 6 heteroatoms. The fourth-order valence-electron chi connectivity index (χ4n) is 1.74. The number of hydrogen-bond acceptors (Lipinski definition) is 3. The van der Waals surface area contributed by atoms with Gasteiger partial charge in [0, 0.05) is 18.4 Å². The van der Waals surface area contributed by atoms with E-state index in [0.29, 0.717) is 0 Å². The Kier molecular flexibility index (Phi) is 3.81. The van der Waals surface area contributed by atoms with Crippen molar-refractivity contribution in [2.24, 2.45) is 0 Å². The van der Waals surface area contributed by atoms with Crippen LogP contribution in [0.2, 0.25) is 5.02 Å². The maximum atomic E-state index is 12.1. The van der Waals surface area contributed by atoms with Gasteiger partial charge in [-0.1, -0.05) is 23.8 Å². The minimum absolute atomic E-state index is 0.0382. The number of pyridine rings is 1. The van der Waals surface area contributed by atoms with Gasteiger partial charge in [-0.15, -0.1) is 0 Å². The summed E-state index contributed by atoms with van der Waals surface area (Å²) in [4.78, 5) is 3.83. The lowest BCUT2D eigenvalue weighted by Crippen LogP contribution is -2.35. The number of hydrogen-bond donors (Lipinski definition) is 1. The Bertz CT molecular complexity index is 528. The molecule has 1 aliphatic carbocycles. The van der Waals surface area contributed by atoms with Gasteiger partial charge in [0.05, 0.1) is 5.02 Å². The zero-order chi connectivity index (χ0) is 12.3. The van der Waals surface area contributed by atoms with Crippen LogP contribution in [0.3, 0.4) is 0 Å². The molecule has 0 fully saturated rings. The number of rotatable bonds is 3. The van der Waals surface area contributed by atoms with Gasteiger partial charge in [0.15, 0.2) is 0 Å². The molecule has 0 saturated carbocycles. The first kappa shape index (κ1) is 12.5. The monoisotopic (exact) mass is 272 g/mol. The van der Waals surface area contributed by atoms with Gasteiger partial charge in [-0.05, 0) is 25.3 Å². The Morgan fingerprint density at radius 3 is 2.88 bits per heavy atom. The molecule has 0 saturated heterocycles. The molecule has 0 aromatic carbocycles. The number of allylic oxidation sites excluding steroid dienone is 1. The van der Waals surface area contributed by atoms with E-state index in [-0.39, 0.29) is 16.0 Å². The van der Waals surface area contributed by atoms with Gasteiger partial charge in [0.1, 0.15) is 4.90 Å². The molecule has 1 aliphatic rings. The third-order valence-corrected chi connectivity index (χ3v) is 4.60. The van der Waals surface area contributed by atoms with E-state index in [0.717, 1.165) is 19.3 Å². The van der Waals surface area contributed by atoms with Crippen molar-refractivity contribution >= 4 is 21.6 Å². The molecule has 1 aromatic heterocycles. The van der Waals surface area contributed by atoms with Gasteiger partial charge in [0.25, 0.3) is 0 Å². The average molecular weight is 273 g/mol. The molecule has 2 rings (SSSR count). The summed E-state index contributed by atoms with van der Waals surface area (Å²) in [6, 6.07) is 1.41. The maximum absolute atomic E-state index is 12.1. The zero-order valence-electron chi connectivity index (χ0n) is 9.14. The molecule has 1 atom stereocenters. The lowest BCUT2D eigenvalue weighted by molar-refractivity contribution is 0.522. The van der Waals surface area contributed by atoms with Crippen LogP contribution in [-0.4, -0.2) is 19.4 Å². The predicted octanol–water partition coefficient (Wildman–Crippen LogP) is 2.12. The summed E-state index contributed by atoms with van der Waals surface area (Å²) in [6.45, 7) is 0. The third-order valence-electron chi connectivity index (χ3n) is 2.61. The van der Waals surface area contributed by atoms with Crippen molar-refractivity contribution in [2.75, 3.05) is 0 Å². The highest BCUT2D eigenvalue weighted by Gasteiger charge is 2.22. The molecule has 1 heterocycles. The van der Waals surface area contributed by atoms with E-state index < -0.39 is 10.0 Å². The summed E-state index contributed by atoms with van der Waals surface area (Å²) in [5, 5.41) is 0.193. The van der Waals surface area contributed by atoms with E-state index in [1.807, 2.05) is 6.08 Å². The first-order valence-corrected chi connectivity index (χ1v) is 7.22. The molecule has 92 valence electrons. The lowest BCUT2D eigenvalue weighted by atomic mass is 10.0. The summed E-state index contributed by atoms with van der Waals surface area (Å²) < 4.78 is 26.8. The van der Waals surface area contributed by atoms with Crippen LogP contribution in [-0.2, 0) is 10.0 Å². The Morgan fingerprint density at radius 2 is 2.24 bits per heavy atom. The smallest absolute Gasteiger partial charge is 0.243 e. The van der Waals surface area contributed by atoms with Gasteiger partial charge in [-0.25, -0.2) is 13.1 Å². The molecular formula is C11H13ClN2O2S. The van der Waals surface area contributed by atoms with Crippen LogP contribution in [0.4, 0.5) is 0 Å². The van der Waals surface area contributed by atoms with E-state index in [1.54, 1.807) is 0 Å². The van der Waals surface area contributed by atoms with Gasteiger partial charge >= 0.3 is 0 Å². The molecule has 1 N–H and O–H groups in total. The van der Waals surface area contributed by atoms with Gasteiger partial charge in [-0.3, -0.25) is 4.98 Å². The van der Waals surface area contributed by atoms with Crippen molar-refractivity contribution in [3.8, 4) is 0 Å². The van der Waals surface area contributed by atoms with Crippen molar-refractivity contribution < 1.29 is 8.42 Å².